The molecule has 1 aromatic rings. The van der Waals surface area contributed by atoms with Gasteiger partial charge in [-0.1, -0.05) is 29.3 Å². The van der Waals surface area contributed by atoms with E-state index in [1.165, 1.54) is 11.2 Å². The summed E-state index contributed by atoms with van der Waals surface area (Å²) in [5.74, 6) is -0.158. The van der Waals surface area contributed by atoms with E-state index in [-0.39, 0.29) is 5.96 Å². The second kappa shape index (κ2) is 5.00. The zero-order chi connectivity index (χ0) is 11.4. The van der Waals surface area contributed by atoms with Crippen molar-refractivity contribution in [2.75, 3.05) is 7.05 Å². The van der Waals surface area contributed by atoms with E-state index in [9.17, 15) is 0 Å². The predicted octanol–water partition coefficient (Wildman–Crippen LogP) is 2.15. The van der Waals surface area contributed by atoms with Gasteiger partial charge < -0.3 is 5.73 Å². The summed E-state index contributed by atoms with van der Waals surface area (Å²) >= 11 is 11.8. The largest absolute Gasteiger partial charge is 0.369 e. The number of guanidine groups is 1. The van der Waals surface area contributed by atoms with Crippen LogP contribution in [0.1, 0.15) is 5.56 Å². The van der Waals surface area contributed by atoms with Crippen LogP contribution >= 0.6 is 23.2 Å². The molecule has 0 fully saturated rings. The molecule has 0 radical (unpaired) electrons. The molecule has 6 heteroatoms. The van der Waals surface area contributed by atoms with E-state index in [2.05, 4.69) is 5.10 Å². The summed E-state index contributed by atoms with van der Waals surface area (Å²) in [7, 11) is 1.56. The normalized spacial score (nSPS) is 10.6. The van der Waals surface area contributed by atoms with Gasteiger partial charge >= 0.3 is 0 Å². The molecule has 0 bridgehead atoms. The van der Waals surface area contributed by atoms with Crippen LogP contribution in [0.15, 0.2) is 23.3 Å². The lowest BCUT2D eigenvalue weighted by Gasteiger charge is -2.09. The number of hydrogen-bond acceptors (Lipinski definition) is 2. The van der Waals surface area contributed by atoms with Gasteiger partial charge in [-0.3, -0.25) is 5.41 Å². The summed E-state index contributed by atoms with van der Waals surface area (Å²) in [6.07, 6.45) is 1.46. The van der Waals surface area contributed by atoms with E-state index in [0.29, 0.717) is 15.6 Å². The maximum Gasteiger partial charge on any atom is 0.208 e. The Morgan fingerprint density at radius 1 is 1.47 bits per heavy atom. The molecule has 15 heavy (non-hydrogen) atoms. The number of benzene rings is 1. The molecule has 0 aliphatic heterocycles. The molecule has 0 saturated heterocycles. The Balaban J connectivity index is 2.94. The molecular formula is C9H10Cl2N4. The Morgan fingerprint density at radius 2 is 2.00 bits per heavy atom. The average molecular weight is 245 g/mol. The molecule has 0 spiro atoms. The first-order valence-electron chi connectivity index (χ1n) is 4.08. The van der Waals surface area contributed by atoms with Crippen molar-refractivity contribution in [3.8, 4) is 0 Å². The summed E-state index contributed by atoms with van der Waals surface area (Å²) in [5, 5.41) is 13.2. The van der Waals surface area contributed by atoms with Crippen LogP contribution < -0.4 is 5.73 Å². The van der Waals surface area contributed by atoms with Crippen molar-refractivity contribution in [1.29, 1.82) is 5.41 Å². The number of nitrogens with one attached hydrogen (secondary N) is 1. The van der Waals surface area contributed by atoms with Crippen molar-refractivity contribution < 1.29 is 0 Å². The lowest BCUT2D eigenvalue weighted by Crippen LogP contribution is -2.28. The van der Waals surface area contributed by atoms with Gasteiger partial charge in [-0.25, -0.2) is 5.01 Å². The molecule has 0 heterocycles. The summed E-state index contributed by atoms with van der Waals surface area (Å²) in [5.41, 5.74) is 5.81. The van der Waals surface area contributed by atoms with Crippen LogP contribution in [-0.2, 0) is 0 Å². The second-order valence-corrected chi connectivity index (χ2v) is 3.60. The van der Waals surface area contributed by atoms with Gasteiger partial charge in [-0.2, -0.15) is 5.10 Å². The average Bonchev–Trinajstić information content (AvgIpc) is 2.16. The minimum atomic E-state index is -0.158. The summed E-state index contributed by atoms with van der Waals surface area (Å²) < 4.78 is 0. The Labute approximate surface area is 97.8 Å². The van der Waals surface area contributed by atoms with E-state index in [4.69, 9.17) is 34.3 Å². The molecular weight excluding hydrogens is 235 g/mol. The molecule has 0 aliphatic rings. The van der Waals surface area contributed by atoms with E-state index in [1.54, 1.807) is 25.2 Å². The van der Waals surface area contributed by atoms with Crippen molar-refractivity contribution in [3.63, 3.8) is 0 Å². The number of hydrogen-bond donors (Lipinski definition) is 2. The quantitative estimate of drug-likeness (QED) is 0.476. The van der Waals surface area contributed by atoms with Crippen LogP contribution in [-0.4, -0.2) is 24.2 Å². The molecule has 0 amide bonds. The number of nitrogens with zero attached hydrogens (tertiary/aromatic N) is 2. The van der Waals surface area contributed by atoms with Crippen molar-refractivity contribution in [2.24, 2.45) is 10.8 Å². The minimum absolute atomic E-state index is 0.158. The van der Waals surface area contributed by atoms with Crippen LogP contribution in [0.4, 0.5) is 0 Å². The zero-order valence-corrected chi connectivity index (χ0v) is 9.55. The van der Waals surface area contributed by atoms with Gasteiger partial charge in [0.05, 0.1) is 16.3 Å². The molecule has 0 aliphatic carbocycles. The predicted molar refractivity (Wildman–Crippen MR) is 63.7 cm³/mol. The van der Waals surface area contributed by atoms with E-state index in [1.807, 2.05) is 0 Å². The van der Waals surface area contributed by atoms with Crippen molar-refractivity contribution in [3.05, 3.63) is 33.8 Å². The highest BCUT2D eigenvalue weighted by atomic mass is 35.5. The molecule has 3 N–H and O–H groups in total. The molecule has 0 aromatic heterocycles. The number of rotatable bonds is 2. The lowest BCUT2D eigenvalue weighted by molar-refractivity contribution is 0.536. The van der Waals surface area contributed by atoms with Gasteiger partial charge in [0, 0.05) is 12.6 Å². The third-order valence-electron chi connectivity index (χ3n) is 1.71. The first-order valence-corrected chi connectivity index (χ1v) is 4.83. The maximum atomic E-state index is 7.10. The molecule has 0 atom stereocenters. The van der Waals surface area contributed by atoms with Gasteiger partial charge in [0.1, 0.15) is 0 Å². The first kappa shape index (κ1) is 11.8. The highest BCUT2D eigenvalue weighted by molar-refractivity contribution is 6.38. The first-order chi connectivity index (χ1) is 7.02. The molecule has 0 saturated carbocycles. The topological polar surface area (TPSA) is 65.5 Å². The number of halogens is 2. The van der Waals surface area contributed by atoms with Gasteiger partial charge in [0.25, 0.3) is 0 Å². The Morgan fingerprint density at radius 3 is 2.47 bits per heavy atom. The monoisotopic (exact) mass is 244 g/mol. The van der Waals surface area contributed by atoms with E-state index in [0.717, 1.165) is 0 Å². The Hall–Kier alpha value is -1.26. The SMILES string of the molecule is CN(N=Cc1c(Cl)cccc1Cl)C(=N)N. The third kappa shape index (κ3) is 3.11. The lowest BCUT2D eigenvalue weighted by atomic mass is 10.2. The van der Waals surface area contributed by atoms with Gasteiger partial charge in [0.15, 0.2) is 0 Å². The fraction of sp³-hybridized carbons (Fsp3) is 0.111. The van der Waals surface area contributed by atoms with Crippen LogP contribution in [0.3, 0.4) is 0 Å². The molecule has 1 aromatic carbocycles. The third-order valence-corrected chi connectivity index (χ3v) is 2.37. The second-order valence-electron chi connectivity index (χ2n) is 2.79. The zero-order valence-electron chi connectivity index (χ0n) is 8.04. The Bertz CT molecular complexity index is 383. The highest BCUT2D eigenvalue weighted by Crippen LogP contribution is 2.22. The molecule has 0 unspecified atom stereocenters. The van der Waals surface area contributed by atoms with E-state index >= 15 is 0 Å². The van der Waals surface area contributed by atoms with Crippen molar-refractivity contribution in [2.45, 2.75) is 0 Å². The maximum absolute atomic E-state index is 7.10. The van der Waals surface area contributed by atoms with Crippen molar-refractivity contribution >= 4 is 35.4 Å². The minimum Gasteiger partial charge on any atom is -0.369 e. The van der Waals surface area contributed by atoms with Gasteiger partial charge in [-0.05, 0) is 12.1 Å². The van der Waals surface area contributed by atoms with Crippen molar-refractivity contribution in [1.82, 2.24) is 5.01 Å². The fourth-order valence-corrected chi connectivity index (χ4v) is 1.34. The standard InChI is InChI=1S/C9H10Cl2N4/c1-15(9(12)13)14-5-6-7(10)3-2-4-8(6)11/h2-5H,1H3,(H3,12,13). The van der Waals surface area contributed by atoms with Crippen LogP contribution in [0, 0.1) is 5.41 Å². The van der Waals surface area contributed by atoms with E-state index < -0.39 is 0 Å². The molecule has 80 valence electrons. The number of nitrogens with two attached hydrogens (primary N) is 1. The smallest absolute Gasteiger partial charge is 0.208 e. The molecule has 4 nitrogen and oxygen atoms in total. The molecule has 1 rings (SSSR count). The summed E-state index contributed by atoms with van der Waals surface area (Å²) in [6, 6.07) is 5.17. The van der Waals surface area contributed by atoms with Crippen LogP contribution in [0.25, 0.3) is 0 Å². The van der Waals surface area contributed by atoms with Gasteiger partial charge in [-0.15, -0.1) is 0 Å². The van der Waals surface area contributed by atoms with Crippen LogP contribution in [0.5, 0.6) is 0 Å². The van der Waals surface area contributed by atoms with Gasteiger partial charge in [0.2, 0.25) is 5.96 Å². The summed E-state index contributed by atoms with van der Waals surface area (Å²) in [4.78, 5) is 0. The number of hydrazone groups is 1. The van der Waals surface area contributed by atoms with Crippen LogP contribution in [0.2, 0.25) is 10.0 Å². The Kier molecular flexibility index (Phi) is 3.94. The summed E-state index contributed by atoms with van der Waals surface area (Å²) in [6.45, 7) is 0. The fourth-order valence-electron chi connectivity index (χ4n) is 0.841. The highest BCUT2D eigenvalue weighted by Gasteiger charge is 2.02.